The Morgan fingerprint density at radius 2 is 2.50 bits per heavy atom. The smallest absolute Gasteiger partial charge is 0.250 e. The molecule has 0 spiro atoms. The van der Waals surface area contributed by atoms with Gasteiger partial charge in [-0.05, 0) is 0 Å². The van der Waals surface area contributed by atoms with Crippen LogP contribution in [-0.2, 0) is 0 Å². The Labute approximate surface area is 69.8 Å². The second-order valence-corrected chi connectivity index (χ2v) is 2.82. The van der Waals surface area contributed by atoms with E-state index < -0.39 is 0 Å². The molecule has 0 aliphatic carbocycles. The summed E-state index contributed by atoms with van der Waals surface area (Å²) in [6.45, 7) is 1.51. The van der Waals surface area contributed by atoms with Crippen LogP contribution in [0.5, 0.6) is 5.75 Å². The summed E-state index contributed by atoms with van der Waals surface area (Å²) in [6.07, 6.45) is 1.60. The number of hydrogen-bond acceptors (Lipinski definition) is 3. The molecule has 0 fully saturated rings. The van der Waals surface area contributed by atoms with Crippen LogP contribution in [0.15, 0.2) is 17.1 Å². The van der Waals surface area contributed by atoms with Gasteiger partial charge >= 0.3 is 0 Å². The van der Waals surface area contributed by atoms with Gasteiger partial charge in [0, 0.05) is 19.3 Å². The van der Waals surface area contributed by atoms with E-state index in [0.717, 1.165) is 18.0 Å². The first-order valence-electron chi connectivity index (χ1n) is 3.84. The molecular formula is C8H10N2O2. The predicted molar refractivity (Wildman–Crippen MR) is 45.8 cm³/mol. The van der Waals surface area contributed by atoms with E-state index in [9.17, 15) is 4.79 Å². The predicted octanol–water partition coefficient (Wildman–Crippen LogP) is 0.203. The van der Waals surface area contributed by atoms with Gasteiger partial charge < -0.3 is 14.6 Å². The van der Waals surface area contributed by atoms with Gasteiger partial charge in [0.15, 0.2) is 5.75 Å². The van der Waals surface area contributed by atoms with Crippen LogP contribution >= 0.6 is 0 Å². The number of likely N-dealkylation sites (N-methyl/N-ethyl adjacent to an activating group) is 1. The summed E-state index contributed by atoms with van der Waals surface area (Å²) in [6, 6.07) is 1.55. The lowest BCUT2D eigenvalue weighted by atomic mass is 10.3. The van der Waals surface area contributed by atoms with Crippen molar-refractivity contribution < 1.29 is 4.74 Å². The van der Waals surface area contributed by atoms with Crippen molar-refractivity contribution in [1.29, 1.82) is 0 Å². The Morgan fingerprint density at radius 1 is 1.67 bits per heavy atom. The van der Waals surface area contributed by atoms with Crippen LogP contribution < -0.4 is 15.2 Å². The number of aromatic amines is 1. The third-order valence-corrected chi connectivity index (χ3v) is 1.96. The van der Waals surface area contributed by atoms with E-state index in [4.69, 9.17) is 4.74 Å². The van der Waals surface area contributed by atoms with E-state index in [-0.39, 0.29) is 5.56 Å². The highest BCUT2D eigenvalue weighted by Gasteiger charge is 2.14. The molecule has 2 rings (SSSR count). The first-order chi connectivity index (χ1) is 5.77. The monoisotopic (exact) mass is 166 g/mol. The lowest BCUT2D eigenvalue weighted by Gasteiger charge is -2.26. The number of pyridine rings is 1. The number of hydrogen-bond donors (Lipinski definition) is 1. The van der Waals surface area contributed by atoms with E-state index in [1.54, 1.807) is 12.3 Å². The number of aromatic nitrogens is 1. The average molecular weight is 166 g/mol. The standard InChI is InChI=1S/C8H10N2O2/c1-10-2-3-12-7-5-9-8(11)4-6(7)10/h4-5H,2-3H2,1H3,(H,9,11). The average Bonchev–Trinajstić information content (AvgIpc) is 2.07. The van der Waals surface area contributed by atoms with E-state index in [1.165, 1.54) is 0 Å². The van der Waals surface area contributed by atoms with E-state index >= 15 is 0 Å². The molecule has 0 radical (unpaired) electrons. The zero-order valence-electron chi connectivity index (χ0n) is 6.83. The number of nitrogens with one attached hydrogen (secondary N) is 1. The number of nitrogens with zero attached hydrogens (tertiary/aromatic N) is 1. The molecule has 0 bridgehead atoms. The highest BCUT2D eigenvalue weighted by Crippen LogP contribution is 2.26. The summed E-state index contributed by atoms with van der Waals surface area (Å²) in [5.74, 6) is 0.753. The van der Waals surface area contributed by atoms with Crippen LogP contribution in [-0.4, -0.2) is 25.2 Å². The molecule has 0 amide bonds. The molecule has 1 aromatic heterocycles. The molecule has 4 nitrogen and oxygen atoms in total. The second-order valence-electron chi connectivity index (χ2n) is 2.82. The Balaban J connectivity index is 2.54. The molecule has 1 aliphatic heterocycles. The summed E-state index contributed by atoms with van der Waals surface area (Å²) < 4.78 is 5.34. The fourth-order valence-corrected chi connectivity index (χ4v) is 1.27. The number of anilines is 1. The minimum Gasteiger partial charge on any atom is -0.488 e. The topological polar surface area (TPSA) is 45.3 Å². The number of rotatable bonds is 0. The van der Waals surface area contributed by atoms with Crippen molar-refractivity contribution in [2.24, 2.45) is 0 Å². The normalized spacial score (nSPS) is 15.2. The molecule has 1 aromatic rings. The summed E-state index contributed by atoms with van der Waals surface area (Å²) in [7, 11) is 1.95. The maximum absolute atomic E-state index is 10.9. The molecule has 12 heavy (non-hydrogen) atoms. The van der Waals surface area contributed by atoms with Crippen LogP contribution in [0.4, 0.5) is 5.69 Å². The van der Waals surface area contributed by atoms with Crippen LogP contribution in [0.25, 0.3) is 0 Å². The molecule has 0 atom stereocenters. The van der Waals surface area contributed by atoms with Crippen molar-refractivity contribution >= 4 is 5.69 Å². The van der Waals surface area contributed by atoms with Gasteiger partial charge in [0.1, 0.15) is 6.61 Å². The van der Waals surface area contributed by atoms with E-state index in [2.05, 4.69) is 4.98 Å². The van der Waals surface area contributed by atoms with Crippen LogP contribution in [0.2, 0.25) is 0 Å². The molecule has 64 valence electrons. The Morgan fingerprint density at radius 3 is 3.33 bits per heavy atom. The minimum absolute atomic E-state index is 0.0916. The third kappa shape index (κ3) is 1.05. The van der Waals surface area contributed by atoms with Gasteiger partial charge in [-0.1, -0.05) is 0 Å². The molecule has 2 heterocycles. The summed E-state index contributed by atoms with van der Waals surface area (Å²) in [5, 5.41) is 0. The number of fused-ring (bicyclic) bond motifs is 1. The highest BCUT2D eigenvalue weighted by molar-refractivity contribution is 5.57. The van der Waals surface area contributed by atoms with Gasteiger partial charge in [-0.15, -0.1) is 0 Å². The molecule has 1 N–H and O–H groups in total. The Kier molecular flexibility index (Phi) is 1.53. The molecule has 0 saturated heterocycles. The first kappa shape index (κ1) is 7.21. The zero-order chi connectivity index (χ0) is 8.55. The summed E-state index contributed by atoms with van der Waals surface area (Å²) >= 11 is 0. The fourth-order valence-electron chi connectivity index (χ4n) is 1.27. The minimum atomic E-state index is -0.0916. The molecule has 1 aliphatic rings. The van der Waals surface area contributed by atoms with E-state index in [0.29, 0.717) is 6.61 Å². The highest BCUT2D eigenvalue weighted by atomic mass is 16.5. The van der Waals surface area contributed by atoms with Crippen LogP contribution in [0.1, 0.15) is 0 Å². The fraction of sp³-hybridized carbons (Fsp3) is 0.375. The van der Waals surface area contributed by atoms with Crippen molar-refractivity contribution in [3.63, 3.8) is 0 Å². The summed E-state index contributed by atoms with van der Waals surface area (Å²) in [4.78, 5) is 15.5. The van der Waals surface area contributed by atoms with Gasteiger partial charge in [-0.25, -0.2) is 0 Å². The van der Waals surface area contributed by atoms with Crippen molar-refractivity contribution in [3.8, 4) is 5.75 Å². The Bertz CT molecular complexity index is 345. The van der Waals surface area contributed by atoms with Crippen LogP contribution in [0, 0.1) is 0 Å². The maximum atomic E-state index is 10.9. The SMILES string of the molecule is CN1CCOc2c[nH]c(=O)cc21. The lowest BCUT2D eigenvalue weighted by molar-refractivity contribution is 0.310. The Hall–Kier alpha value is -1.45. The third-order valence-electron chi connectivity index (χ3n) is 1.96. The number of H-pyrrole nitrogens is 1. The van der Waals surface area contributed by atoms with Gasteiger partial charge in [-0.2, -0.15) is 0 Å². The van der Waals surface area contributed by atoms with Crippen LogP contribution in [0.3, 0.4) is 0 Å². The van der Waals surface area contributed by atoms with Gasteiger partial charge in [-0.3, -0.25) is 4.79 Å². The first-order valence-corrected chi connectivity index (χ1v) is 3.84. The number of ether oxygens (including phenoxy) is 1. The van der Waals surface area contributed by atoms with Crippen molar-refractivity contribution in [3.05, 3.63) is 22.6 Å². The van der Waals surface area contributed by atoms with Gasteiger partial charge in [0.2, 0.25) is 5.56 Å². The molecule has 0 aromatic carbocycles. The lowest BCUT2D eigenvalue weighted by Crippen LogP contribution is -2.30. The molecular weight excluding hydrogens is 156 g/mol. The zero-order valence-corrected chi connectivity index (χ0v) is 6.83. The molecule has 0 saturated carbocycles. The molecule has 0 unspecified atom stereocenters. The second kappa shape index (κ2) is 2.55. The van der Waals surface area contributed by atoms with Crippen molar-refractivity contribution in [1.82, 2.24) is 4.98 Å². The summed E-state index contributed by atoms with van der Waals surface area (Å²) in [5.41, 5.74) is 0.774. The van der Waals surface area contributed by atoms with Crippen molar-refractivity contribution in [2.45, 2.75) is 0 Å². The largest absolute Gasteiger partial charge is 0.488 e. The van der Waals surface area contributed by atoms with E-state index in [1.807, 2.05) is 11.9 Å². The quantitative estimate of drug-likeness (QED) is 0.599. The van der Waals surface area contributed by atoms with Crippen molar-refractivity contribution in [2.75, 3.05) is 25.1 Å². The maximum Gasteiger partial charge on any atom is 0.250 e. The van der Waals surface area contributed by atoms with Gasteiger partial charge in [0.25, 0.3) is 0 Å². The molecule has 4 heteroatoms. The van der Waals surface area contributed by atoms with Gasteiger partial charge in [0.05, 0.1) is 12.2 Å².